The SMILES string of the molecule is c1ccc(CO[C@@H]2[C@H]([C@@H]3COC4(CCCCC4)O3)O[C@H]3OC4(CCCCC4)O[C@@H]32)cc1. The fourth-order valence-corrected chi connectivity index (χ4v) is 6.03. The minimum absolute atomic E-state index is 0.154. The van der Waals surface area contributed by atoms with Crippen molar-refractivity contribution in [2.45, 2.75) is 113 Å². The third kappa shape index (κ3) is 3.96. The van der Waals surface area contributed by atoms with E-state index in [2.05, 4.69) is 12.1 Å². The van der Waals surface area contributed by atoms with Crippen LogP contribution in [0.5, 0.6) is 0 Å². The average Bonchev–Trinajstić information content (AvgIpc) is 3.46. The van der Waals surface area contributed by atoms with Gasteiger partial charge in [0.2, 0.25) is 0 Å². The average molecular weight is 431 g/mol. The molecule has 0 N–H and O–H groups in total. The molecule has 0 aromatic heterocycles. The zero-order valence-electron chi connectivity index (χ0n) is 18.2. The molecule has 0 radical (unpaired) electrons. The van der Waals surface area contributed by atoms with E-state index in [1.165, 1.54) is 12.8 Å². The highest BCUT2D eigenvalue weighted by Gasteiger charge is 2.61. The molecule has 1 aromatic carbocycles. The predicted octanol–water partition coefficient (Wildman–Crippen LogP) is 4.45. The summed E-state index contributed by atoms with van der Waals surface area (Å²) in [5, 5.41) is 0. The molecule has 0 unspecified atom stereocenters. The van der Waals surface area contributed by atoms with Gasteiger partial charge in [-0.3, -0.25) is 0 Å². The highest BCUT2D eigenvalue weighted by Crippen LogP contribution is 2.48. The van der Waals surface area contributed by atoms with Crippen molar-refractivity contribution in [2.75, 3.05) is 6.61 Å². The van der Waals surface area contributed by atoms with Gasteiger partial charge >= 0.3 is 0 Å². The van der Waals surface area contributed by atoms with E-state index < -0.39 is 17.9 Å². The summed E-state index contributed by atoms with van der Waals surface area (Å²) in [5.74, 6) is -0.926. The first-order valence-corrected chi connectivity index (χ1v) is 12.2. The first-order valence-electron chi connectivity index (χ1n) is 12.2. The number of benzene rings is 1. The van der Waals surface area contributed by atoms with Crippen molar-refractivity contribution in [1.82, 2.24) is 0 Å². The van der Waals surface area contributed by atoms with E-state index in [9.17, 15) is 0 Å². The molecular formula is C25H34O6. The lowest BCUT2D eigenvalue weighted by atomic mass is 9.94. The molecule has 6 heteroatoms. The zero-order valence-corrected chi connectivity index (χ0v) is 18.2. The third-order valence-corrected chi connectivity index (χ3v) is 7.65. The Labute approximate surface area is 184 Å². The van der Waals surface area contributed by atoms with Crippen LogP contribution in [-0.4, -0.2) is 48.9 Å². The molecule has 6 nitrogen and oxygen atoms in total. The zero-order chi connectivity index (χ0) is 20.7. The van der Waals surface area contributed by atoms with Gasteiger partial charge in [-0.25, -0.2) is 0 Å². The number of fused-ring (bicyclic) bond motifs is 1. The van der Waals surface area contributed by atoms with Gasteiger partial charge in [-0.2, -0.15) is 0 Å². The molecule has 6 rings (SSSR count). The fourth-order valence-electron chi connectivity index (χ4n) is 6.03. The Morgan fingerprint density at radius 2 is 1.48 bits per heavy atom. The summed E-state index contributed by atoms with van der Waals surface area (Å²) < 4.78 is 38.6. The maximum absolute atomic E-state index is 6.57. The maximum atomic E-state index is 6.57. The predicted molar refractivity (Wildman–Crippen MR) is 112 cm³/mol. The second-order valence-electron chi connectivity index (χ2n) is 9.84. The van der Waals surface area contributed by atoms with Gasteiger partial charge in [-0.05, 0) is 31.2 Å². The molecule has 5 fully saturated rings. The number of hydrogen-bond acceptors (Lipinski definition) is 6. The van der Waals surface area contributed by atoms with Crippen molar-refractivity contribution in [3.63, 3.8) is 0 Å². The minimum Gasteiger partial charge on any atom is -0.368 e. The van der Waals surface area contributed by atoms with Gasteiger partial charge in [0.15, 0.2) is 17.9 Å². The van der Waals surface area contributed by atoms with Gasteiger partial charge < -0.3 is 28.4 Å². The van der Waals surface area contributed by atoms with Crippen molar-refractivity contribution in [1.29, 1.82) is 0 Å². The van der Waals surface area contributed by atoms with Crippen molar-refractivity contribution in [2.24, 2.45) is 0 Å². The van der Waals surface area contributed by atoms with E-state index in [0.717, 1.165) is 56.9 Å². The third-order valence-electron chi connectivity index (χ3n) is 7.65. The highest BCUT2D eigenvalue weighted by atomic mass is 16.9. The largest absolute Gasteiger partial charge is 0.368 e. The smallest absolute Gasteiger partial charge is 0.190 e. The Morgan fingerprint density at radius 1 is 0.774 bits per heavy atom. The van der Waals surface area contributed by atoms with Gasteiger partial charge in [0.25, 0.3) is 0 Å². The molecule has 0 amide bonds. The molecule has 2 spiro atoms. The summed E-state index contributed by atoms with van der Waals surface area (Å²) in [6, 6.07) is 10.3. The van der Waals surface area contributed by atoms with Crippen LogP contribution in [0.3, 0.4) is 0 Å². The van der Waals surface area contributed by atoms with Crippen LogP contribution in [0.1, 0.15) is 69.8 Å². The molecule has 5 aliphatic rings. The molecule has 3 aliphatic heterocycles. The van der Waals surface area contributed by atoms with Crippen LogP contribution in [0.4, 0.5) is 0 Å². The maximum Gasteiger partial charge on any atom is 0.190 e. The Morgan fingerprint density at radius 3 is 2.23 bits per heavy atom. The van der Waals surface area contributed by atoms with Gasteiger partial charge in [0, 0.05) is 25.7 Å². The Kier molecular flexibility index (Phi) is 5.57. The molecule has 5 atom stereocenters. The molecule has 2 saturated carbocycles. The van der Waals surface area contributed by atoms with E-state index in [1.54, 1.807) is 0 Å². The lowest BCUT2D eigenvalue weighted by molar-refractivity contribution is -0.263. The molecular weight excluding hydrogens is 396 g/mol. The monoisotopic (exact) mass is 430 g/mol. The number of hydrogen-bond donors (Lipinski definition) is 0. The first-order chi connectivity index (χ1) is 15.2. The van der Waals surface area contributed by atoms with Gasteiger partial charge in [0.05, 0.1) is 13.2 Å². The summed E-state index contributed by atoms with van der Waals surface area (Å²) in [6.07, 6.45) is 9.65. The molecule has 170 valence electrons. The van der Waals surface area contributed by atoms with Crippen molar-refractivity contribution < 1.29 is 28.4 Å². The van der Waals surface area contributed by atoms with Crippen LogP contribution in [0.2, 0.25) is 0 Å². The van der Waals surface area contributed by atoms with Crippen LogP contribution in [0, 0.1) is 0 Å². The molecule has 3 heterocycles. The van der Waals surface area contributed by atoms with Crippen molar-refractivity contribution in [3.05, 3.63) is 35.9 Å². The molecule has 0 bridgehead atoms. The number of rotatable bonds is 4. The normalized spacial score (nSPS) is 38.6. The van der Waals surface area contributed by atoms with Crippen molar-refractivity contribution in [3.8, 4) is 0 Å². The second-order valence-corrected chi connectivity index (χ2v) is 9.84. The Balaban J connectivity index is 1.19. The van der Waals surface area contributed by atoms with E-state index in [1.807, 2.05) is 18.2 Å². The highest BCUT2D eigenvalue weighted by molar-refractivity contribution is 5.14. The summed E-state index contributed by atoms with van der Waals surface area (Å²) in [7, 11) is 0. The van der Waals surface area contributed by atoms with E-state index in [-0.39, 0.29) is 24.4 Å². The lowest BCUT2D eigenvalue weighted by Gasteiger charge is -2.35. The Bertz CT molecular complexity index is 742. The summed E-state index contributed by atoms with van der Waals surface area (Å²) >= 11 is 0. The first kappa shape index (κ1) is 20.6. The second kappa shape index (κ2) is 8.40. The quantitative estimate of drug-likeness (QED) is 0.704. The fraction of sp³-hybridized carbons (Fsp3) is 0.760. The van der Waals surface area contributed by atoms with Crippen LogP contribution in [-0.2, 0) is 35.0 Å². The van der Waals surface area contributed by atoms with Gasteiger partial charge in [-0.15, -0.1) is 0 Å². The summed E-state index contributed by atoms with van der Waals surface area (Å²) in [6.45, 7) is 1.06. The van der Waals surface area contributed by atoms with Crippen LogP contribution in [0.15, 0.2) is 30.3 Å². The summed E-state index contributed by atoms with van der Waals surface area (Å²) in [4.78, 5) is 0. The standard InChI is InChI=1S/C25H34O6/c1-4-10-18(11-5-1)16-26-21-20(19-17-27-24(29-19)12-6-2-7-13-24)28-23-22(21)30-25(31-23)14-8-3-9-15-25/h1,4-5,10-11,19-23H,2-3,6-9,12-17H2/t19-,20-,21+,22+,23-/m0/s1. The van der Waals surface area contributed by atoms with Crippen LogP contribution < -0.4 is 0 Å². The molecule has 3 saturated heterocycles. The van der Waals surface area contributed by atoms with E-state index in [4.69, 9.17) is 28.4 Å². The molecule has 1 aromatic rings. The Hall–Kier alpha value is -1.02. The van der Waals surface area contributed by atoms with E-state index in [0.29, 0.717) is 13.2 Å². The van der Waals surface area contributed by atoms with Crippen molar-refractivity contribution >= 4 is 0 Å². The number of ether oxygens (including phenoxy) is 6. The van der Waals surface area contributed by atoms with E-state index >= 15 is 0 Å². The molecule has 31 heavy (non-hydrogen) atoms. The van der Waals surface area contributed by atoms with Crippen LogP contribution >= 0.6 is 0 Å². The minimum atomic E-state index is -0.496. The van der Waals surface area contributed by atoms with Gasteiger partial charge in [-0.1, -0.05) is 43.2 Å². The van der Waals surface area contributed by atoms with Gasteiger partial charge in [0.1, 0.15) is 24.4 Å². The van der Waals surface area contributed by atoms with Crippen LogP contribution in [0.25, 0.3) is 0 Å². The molecule has 2 aliphatic carbocycles. The summed E-state index contributed by atoms with van der Waals surface area (Å²) in [5.41, 5.74) is 1.14. The topological polar surface area (TPSA) is 55.4 Å². The lowest BCUT2D eigenvalue weighted by Crippen LogP contribution is -2.45.